The number of halogens is 3. The first-order chi connectivity index (χ1) is 9.18. The highest BCUT2D eigenvalue weighted by atomic mass is 79.9. The predicted molar refractivity (Wildman–Crippen MR) is 77.6 cm³/mol. The van der Waals surface area contributed by atoms with Crippen LogP contribution in [0.4, 0.5) is 8.78 Å². The van der Waals surface area contributed by atoms with Crippen molar-refractivity contribution in [3.05, 3.63) is 33.8 Å². The summed E-state index contributed by atoms with van der Waals surface area (Å²) >= 11 is 2.99. The first-order valence-electron chi connectivity index (χ1n) is 6.45. The van der Waals surface area contributed by atoms with E-state index in [-0.39, 0.29) is 22.2 Å². The molecule has 20 heavy (non-hydrogen) atoms. The third-order valence-electron chi connectivity index (χ3n) is 2.90. The van der Waals surface area contributed by atoms with Gasteiger partial charge >= 0.3 is 0 Å². The zero-order chi connectivity index (χ0) is 15.5. The van der Waals surface area contributed by atoms with Crippen LogP contribution in [0.25, 0.3) is 0 Å². The summed E-state index contributed by atoms with van der Waals surface area (Å²) in [6, 6.07) is 2.42. The van der Waals surface area contributed by atoms with Gasteiger partial charge in [0.2, 0.25) is 0 Å². The molecule has 0 radical (unpaired) electrons. The maximum Gasteiger partial charge on any atom is 0.166 e. The molecule has 0 saturated carbocycles. The summed E-state index contributed by atoms with van der Waals surface area (Å²) < 4.78 is 33.2. The van der Waals surface area contributed by atoms with Crippen LogP contribution in [0.2, 0.25) is 0 Å². The van der Waals surface area contributed by atoms with E-state index in [4.69, 9.17) is 4.74 Å². The minimum absolute atomic E-state index is 0.144. The lowest BCUT2D eigenvalue weighted by molar-refractivity contribution is -0.136. The summed E-state index contributed by atoms with van der Waals surface area (Å²) in [5.74, 6) is -1.78. The molecule has 0 saturated heterocycles. The van der Waals surface area contributed by atoms with Crippen LogP contribution in [0.15, 0.2) is 16.6 Å². The van der Waals surface area contributed by atoms with Crippen LogP contribution in [-0.4, -0.2) is 18.5 Å². The summed E-state index contributed by atoms with van der Waals surface area (Å²) in [6.07, 6.45) is -1.01. The molecule has 0 aliphatic heterocycles. The number of hydrogen-bond acceptors (Lipinski definition) is 2. The smallest absolute Gasteiger partial charge is 0.166 e. The predicted octanol–water partition coefficient (Wildman–Crippen LogP) is 4.29. The van der Waals surface area contributed by atoms with Gasteiger partial charge in [-0.15, -0.1) is 0 Å². The van der Waals surface area contributed by atoms with E-state index in [0.29, 0.717) is 6.61 Å². The summed E-state index contributed by atoms with van der Waals surface area (Å²) in [5, 5.41) is 0. The summed E-state index contributed by atoms with van der Waals surface area (Å²) in [6.45, 7) is 7.74. The van der Waals surface area contributed by atoms with E-state index in [0.717, 1.165) is 6.07 Å². The molecule has 1 aromatic carbocycles. The van der Waals surface area contributed by atoms with Crippen LogP contribution < -0.4 is 0 Å². The monoisotopic (exact) mass is 348 g/mol. The Hall–Kier alpha value is -0.810. The summed E-state index contributed by atoms with van der Waals surface area (Å²) in [5.41, 5.74) is -0.648. The topological polar surface area (TPSA) is 26.3 Å². The van der Waals surface area contributed by atoms with Gasteiger partial charge < -0.3 is 4.74 Å². The van der Waals surface area contributed by atoms with Crippen LogP contribution in [0, 0.1) is 17.0 Å². The number of ether oxygens (including phenoxy) is 1. The number of hydrogen-bond donors (Lipinski definition) is 0. The quantitative estimate of drug-likeness (QED) is 0.742. The molecule has 112 valence electrons. The van der Waals surface area contributed by atoms with Crippen LogP contribution in [-0.2, 0) is 16.0 Å². The van der Waals surface area contributed by atoms with E-state index in [1.54, 1.807) is 6.92 Å². The maximum absolute atomic E-state index is 13.9. The Balaban J connectivity index is 3.03. The largest absolute Gasteiger partial charge is 0.370 e. The van der Waals surface area contributed by atoms with Crippen LogP contribution >= 0.6 is 15.9 Å². The maximum atomic E-state index is 13.9. The highest BCUT2D eigenvalue weighted by molar-refractivity contribution is 9.10. The number of ketones is 1. The van der Waals surface area contributed by atoms with E-state index in [9.17, 15) is 13.6 Å². The molecule has 1 atom stereocenters. The molecule has 0 fully saturated rings. The highest BCUT2D eigenvalue weighted by Gasteiger charge is 2.32. The number of Topliss-reactive ketones (excluding diaryl/α,β-unsaturated/α-hetero) is 1. The van der Waals surface area contributed by atoms with E-state index < -0.39 is 23.2 Å². The Kier molecular flexibility index (Phi) is 5.83. The van der Waals surface area contributed by atoms with E-state index in [1.165, 1.54) is 6.07 Å². The summed E-state index contributed by atoms with van der Waals surface area (Å²) in [4.78, 5) is 12.3. The van der Waals surface area contributed by atoms with Gasteiger partial charge in [0.1, 0.15) is 17.7 Å². The van der Waals surface area contributed by atoms with Gasteiger partial charge in [0.15, 0.2) is 5.78 Å². The van der Waals surface area contributed by atoms with Gasteiger partial charge in [-0.05, 0) is 40.4 Å². The average molecular weight is 349 g/mol. The molecule has 1 unspecified atom stereocenters. The van der Waals surface area contributed by atoms with Crippen molar-refractivity contribution in [3.63, 3.8) is 0 Å². The molecule has 0 bridgehead atoms. The first kappa shape index (κ1) is 17.2. The summed E-state index contributed by atoms with van der Waals surface area (Å²) in [7, 11) is 0. The van der Waals surface area contributed by atoms with Gasteiger partial charge in [0.05, 0.1) is 4.47 Å². The van der Waals surface area contributed by atoms with Crippen molar-refractivity contribution in [2.45, 2.75) is 40.2 Å². The molecule has 0 N–H and O–H groups in total. The van der Waals surface area contributed by atoms with Gasteiger partial charge in [-0.2, -0.15) is 0 Å². The zero-order valence-corrected chi connectivity index (χ0v) is 13.7. The molecular formula is C15H19BrF2O2. The highest BCUT2D eigenvalue weighted by Crippen LogP contribution is 2.27. The standard InChI is InChI=1S/C15H19BrF2O2/c1-5-20-14(15(2,3)4)12(19)8-9-11(17)7-6-10(16)13(9)18/h6-7,14H,5,8H2,1-4H3. The van der Waals surface area contributed by atoms with E-state index in [2.05, 4.69) is 15.9 Å². The molecule has 0 heterocycles. The van der Waals surface area contributed by atoms with Crippen LogP contribution in [0.5, 0.6) is 0 Å². The minimum atomic E-state index is -0.734. The fourth-order valence-electron chi connectivity index (χ4n) is 1.99. The van der Waals surface area contributed by atoms with Crippen molar-refractivity contribution in [2.75, 3.05) is 6.61 Å². The van der Waals surface area contributed by atoms with E-state index >= 15 is 0 Å². The van der Waals surface area contributed by atoms with Crippen LogP contribution in [0.1, 0.15) is 33.3 Å². The molecule has 1 rings (SSSR count). The SMILES string of the molecule is CCOC(C(=O)Cc1c(F)ccc(Br)c1F)C(C)(C)C. The number of carbonyl (C=O) groups excluding carboxylic acids is 1. The first-order valence-corrected chi connectivity index (χ1v) is 7.24. The molecule has 0 spiro atoms. The van der Waals surface area contributed by atoms with Gasteiger partial charge in [-0.1, -0.05) is 20.8 Å². The lowest BCUT2D eigenvalue weighted by Gasteiger charge is -2.29. The Morgan fingerprint density at radius 2 is 1.95 bits per heavy atom. The Bertz CT molecular complexity index is 495. The Morgan fingerprint density at radius 3 is 2.45 bits per heavy atom. The van der Waals surface area contributed by atoms with Crippen molar-refractivity contribution < 1.29 is 18.3 Å². The fourth-order valence-corrected chi connectivity index (χ4v) is 2.36. The van der Waals surface area contributed by atoms with Crippen molar-refractivity contribution in [3.8, 4) is 0 Å². The molecule has 0 amide bonds. The number of rotatable bonds is 5. The van der Waals surface area contributed by atoms with Crippen molar-refractivity contribution >= 4 is 21.7 Å². The lowest BCUT2D eigenvalue weighted by atomic mass is 9.84. The van der Waals surface area contributed by atoms with Gasteiger partial charge in [-0.25, -0.2) is 8.78 Å². The molecule has 1 aromatic rings. The second kappa shape index (κ2) is 6.76. The van der Waals surface area contributed by atoms with Crippen LogP contribution in [0.3, 0.4) is 0 Å². The lowest BCUT2D eigenvalue weighted by Crippen LogP contribution is -2.38. The van der Waals surface area contributed by atoms with Gasteiger partial charge in [0.25, 0.3) is 0 Å². The molecule has 0 aromatic heterocycles. The normalized spacial score (nSPS) is 13.3. The minimum Gasteiger partial charge on any atom is -0.370 e. The van der Waals surface area contributed by atoms with Gasteiger partial charge in [-0.3, -0.25) is 4.79 Å². The third-order valence-corrected chi connectivity index (χ3v) is 3.51. The third kappa shape index (κ3) is 4.09. The van der Waals surface area contributed by atoms with Crippen molar-refractivity contribution in [2.24, 2.45) is 5.41 Å². The fraction of sp³-hybridized carbons (Fsp3) is 0.533. The number of benzene rings is 1. The van der Waals surface area contributed by atoms with Crippen molar-refractivity contribution in [1.29, 1.82) is 0 Å². The van der Waals surface area contributed by atoms with E-state index in [1.807, 2.05) is 20.8 Å². The van der Waals surface area contributed by atoms with Gasteiger partial charge in [0, 0.05) is 18.6 Å². The van der Waals surface area contributed by atoms with Crippen molar-refractivity contribution in [1.82, 2.24) is 0 Å². The molecule has 0 aliphatic rings. The average Bonchev–Trinajstić information content (AvgIpc) is 2.34. The second-order valence-electron chi connectivity index (χ2n) is 5.67. The second-order valence-corrected chi connectivity index (χ2v) is 6.52. The molecule has 0 aliphatic carbocycles. The molecular weight excluding hydrogens is 330 g/mol. The zero-order valence-electron chi connectivity index (χ0n) is 12.1. The molecule has 2 nitrogen and oxygen atoms in total. The Morgan fingerprint density at radius 1 is 1.35 bits per heavy atom. The Labute approximate surface area is 126 Å². The number of carbonyl (C=O) groups is 1. The molecule has 5 heteroatoms.